The molecule has 0 aliphatic carbocycles. The van der Waals surface area contributed by atoms with Crippen molar-refractivity contribution in [1.29, 1.82) is 0 Å². The van der Waals surface area contributed by atoms with Gasteiger partial charge in [-0.2, -0.15) is 0 Å². The van der Waals surface area contributed by atoms with Crippen molar-refractivity contribution in [3.05, 3.63) is 28.7 Å². The van der Waals surface area contributed by atoms with Crippen molar-refractivity contribution >= 4 is 24.0 Å². The molecule has 0 saturated carbocycles. The van der Waals surface area contributed by atoms with Crippen molar-refractivity contribution in [2.75, 3.05) is 5.32 Å². The Hall–Kier alpha value is -1.33. The van der Waals surface area contributed by atoms with Crippen LogP contribution in [0.3, 0.4) is 0 Å². The zero-order valence-corrected chi connectivity index (χ0v) is 10.1. The molecule has 0 aromatic carbocycles. The Bertz CT molecular complexity index is 415. The molecular formula is C10H16ClN3O2. The average molecular weight is 246 g/mol. The van der Waals surface area contributed by atoms with Crippen molar-refractivity contribution in [2.24, 2.45) is 5.73 Å². The van der Waals surface area contributed by atoms with E-state index in [4.69, 9.17) is 5.73 Å². The lowest BCUT2D eigenvalue weighted by atomic mass is 10.3. The number of nitrogens with zero attached hydrogens (tertiary/aromatic N) is 1. The molecule has 90 valence electrons. The lowest BCUT2D eigenvalue weighted by Crippen LogP contribution is -2.33. The van der Waals surface area contributed by atoms with E-state index < -0.39 is 6.04 Å². The maximum Gasteiger partial charge on any atom is 0.250 e. The van der Waals surface area contributed by atoms with E-state index in [1.165, 1.54) is 10.6 Å². The van der Waals surface area contributed by atoms with Crippen LogP contribution < -0.4 is 16.6 Å². The fraction of sp³-hybridized carbons (Fsp3) is 0.400. The highest BCUT2D eigenvalue weighted by molar-refractivity contribution is 5.94. The summed E-state index contributed by atoms with van der Waals surface area (Å²) in [7, 11) is 0. The number of pyridine rings is 1. The molecule has 5 nitrogen and oxygen atoms in total. The Morgan fingerprint density at radius 3 is 2.69 bits per heavy atom. The zero-order chi connectivity index (χ0) is 11.4. The molecule has 1 aromatic rings. The van der Waals surface area contributed by atoms with Gasteiger partial charge in [0.2, 0.25) is 5.91 Å². The predicted molar refractivity (Wildman–Crippen MR) is 65.9 cm³/mol. The van der Waals surface area contributed by atoms with E-state index in [2.05, 4.69) is 5.32 Å². The molecule has 0 saturated heterocycles. The third-order valence-electron chi connectivity index (χ3n) is 2.01. The number of carbonyl (C=O) groups is 1. The number of hydrogen-bond donors (Lipinski definition) is 2. The van der Waals surface area contributed by atoms with Gasteiger partial charge in [-0.05, 0) is 19.9 Å². The highest BCUT2D eigenvalue weighted by atomic mass is 35.5. The van der Waals surface area contributed by atoms with Crippen LogP contribution in [0.4, 0.5) is 5.69 Å². The van der Waals surface area contributed by atoms with E-state index in [-0.39, 0.29) is 23.9 Å². The van der Waals surface area contributed by atoms with Gasteiger partial charge in [0.05, 0.1) is 11.7 Å². The third-order valence-corrected chi connectivity index (χ3v) is 2.01. The predicted octanol–water partition coefficient (Wildman–Crippen LogP) is 0.576. The summed E-state index contributed by atoms with van der Waals surface area (Å²) in [6, 6.07) is 2.42. The number of anilines is 1. The van der Waals surface area contributed by atoms with E-state index in [1.54, 1.807) is 19.2 Å². The summed E-state index contributed by atoms with van der Waals surface area (Å²) >= 11 is 0. The number of amides is 1. The minimum atomic E-state index is -0.563. The van der Waals surface area contributed by atoms with Crippen LogP contribution in [0.25, 0.3) is 0 Å². The summed E-state index contributed by atoms with van der Waals surface area (Å²) in [5.74, 6) is -0.267. The molecule has 0 radical (unpaired) electrons. The molecule has 1 amide bonds. The Morgan fingerprint density at radius 1 is 1.56 bits per heavy atom. The molecule has 1 heterocycles. The van der Waals surface area contributed by atoms with Gasteiger partial charge in [0, 0.05) is 18.8 Å². The second kappa shape index (κ2) is 6.30. The highest BCUT2D eigenvalue weighted by Crippen LogP contribution is 2.03. The molecule has 16 heavy (non-hydrogen) atoms. The molecule has 0 aliphatic rings. The number of halogens is 1. The van der Waals surface area contributed by atoms with Gasteiger partial charge in [-0.1, -0.05) is 0 Å². The van der Waals surface area contributed by atoms with Gasteiger partial charge < -0.3 is 15.6 Å². The Morgan fingerprint density at radius 2 is 2.19 bits per heavy atom. The summed E-state index contributed by atoms with van der Waals surface area (Å²) in [6.07, 6.45) is 1.60. The van der Waals surface area contributed by atoms with Crippen LogP contribution in [-0.2, 0) is 11.3 Å². The van der Waals surface area contributed by atoms with Gasteiger partial charge in [-0.3, -0.25) is 9.59 Å². The first kappa shape index (κ1) is 14.7. The minimum absolute atomic E-state index is 0. The van der Waals surface area contributed by atoms with Gasteiger partial charge in [-0.25, -0.2) is 0 Å². The first-order chi connectivity index (χ1) is 7.04. The van der Waals surface area contributed by atoms with Crippen molar-refractivity contribution < 1.29 is 4.79 Å². The summed E-state index contributed by atoms with van der Waals surface area (Å²) in [5.41, 5.74) is 5.90. The number of nitrogens with two attached hydrogens (primary N) is 1. The lowest BCUT2D eigenvalue weighted by Gasteiger charge is -2.09. The van der Waals surface area contributed by atoms with Crippen molar-refractivity contribution in [3.8, 4) is 0 Å². The van der Waals surface area contributed by atoms with Crippen LogP contribution in [0.2, 0.25) is 0 Å². The standard InChI is InChI=1S/C10H15N3O2.ClH/c1-3-13-6-8(4-5-9(13)14)12-10(15)7(2)11;/h4-7H,3,11H2,1-2H3,(H,12,15);1H/t7-;/m0./s1. The zero-order valence-electron chi connectivity index (χ0n) is 9.27. The smallest absolute Gasteiger partial charge is 0.250 e. The number of carbonyl (C=O) groups excluding carboxylic acids is 1. The quantitative estimate of drug-likeness (QED) is 0.818. The summed E-state index contributed by atoms with van der Waals surface area (Å²) in [5, 5.41) is 2.62. The lowest BCUT2D eigenvalue weighted by molar-refractivity contribution is -0.117. The maximum absolute atomic E-state index is 11.3. The van der Waals surface area contributed by atoms with Crippen LogP contribution >= 0.6 is 12.4 Å². The topological polar surface area (TPSA) is 77.1 Å². The van der Waals surface area contributed by atoms with Gasteiger partial charge in [-0.15, -0.1) is 12.4 Å². The molecular weight excluding hydrogens is 230 g/mol. The molecule has 0 bridgehead atoms. The molecule has 1 rings (SSSR count). The van der Waals surface area contributed by atoms with Gasteiger partial charge >= 0.3 is 0 Å². The van der Waals surface area contributed by atoms with E-state index in [1.807, 2.05) is 6.92 Å². The second-order valence-electron chi connectivity index (χ2n) is 3.32. The molecule has 0 aliphatic heterocycles. The van der Waals surface area contributed by atoms with E-state index >= 15 is 0 Å². The van der Waals surface area contributed by atoms with E-state index in [9.17, 15) is 9.59 Å². The summed E-state index contributed by atoms with van der Waals surface area (Å²) < 4.78 is 1.51. The van der Waals surface area contributed by atoms with Crippen LogP contribution in [0.1, 0.15) is 13.8 Å². The number of hydrogen-bond acceptors (Lipinski definition) is 3. The molecule has 0 fully saturated rings. The molecule has 1 atom stereocenters. The first-order valence-corrected chi connectivity index (χ1v) is 4.81. The minimum Gasteiger partial charge on any atom is -0.323 e. The van der Waals surface area contributed by atoms with Crippen LogP contribution in [0, 0.1) is 0 Å². The van der Waals surface area contributed by atoms with E-state index in [0.29, 0.717) is 12.2 Å². The Balaban J connectivity index is 0.00000225. The van der Waals surface area contributed by atoms with Gasteiger partial charge in [0.1, 0.15) is 0 Å². The molecule has 0 spiro atoms. The van der Waals surface area contributed by atoms with Crippen LogP contribution in [-0.4, -0.2) is 16.5 Å². The van der Waals surface area contributed by atoms with E-state index in [0.717, 1.165) is 0 Å². The number of rotatable bonds is 3. The fourth-order valence-electron chi connectivity index (χ4n) is 1.11. The molecule has 0 unspecified atom stereocenters. The number of aromatic nitrogens is 1. The fourth-order valence-corrected chi connectivity index (χ4v) is 1.11. The second-order valence-corrected chi connectivity index (χ2v) is 3.32. The maximum atomic E-state index is 11.3. The van der Waals surface area contributed by atoms with Crippen molar-refractivity contribution in [1.82, 2.24) is 4.57 Å². The van der Waals surface area contributed by atoms with Gasteiger partial charge in [0.25, 0.3) is 5.56 Å². The highest BCUT2D eigenvalue weighted by Gasteiger charge is 2.07. The van der Waals surface area contributed by atoms with Crippen LogP contribution in [0.15, 0.2) is 23.1 Å². The number of nitrogens with one attached hydrogen (secondary N) is 1. The van der Waals surface area contributed by atoms with Crippen molar-refractivity contribution in [2.45, 2.75) is 26.4 Å². The average Bonchev–Trinajstić information content (AvgIpc) is 2.20. The first-order valence-electron chi connectivity index (χ1n) is 4.81. The van der Waals surface area contributed by atoms with Gasteiger partial charge in [0.15, 0.2) is 0 Å². The Labute approximate surface area is 100 Å². The normalized spacial score (nSPS) is 11.4. The van der Waals surface area contributed by atoms with Crippen LogP contribution in [0.5, 0.6) is 0 Å². The molecule has 3 N–H and O–H groups in total. The molecule has 1 aromatic heterocycles. The number of aryl methyl sites for hydroxylation is 1. The monoisotopic (exact) mass is 245 g/mol. The summed E-state index contributed by atoms with van der Waals surface area (Å²) in [6.45, 7) is 4.03. The Kier molecular flexibility index (Phi) is 5.77. The third kappa shape index (κ3) is 3.67. The molecule has 6 heteroatoms. The SMILES string of the molecule is CCn1cc(NC(=O)[C@H](C)N)ccc1=O.Cl. The largest absolute Gasteiger partial charge is 0.323 e. The summed E-state index contributed by atoms with van der Waals surface area (Å²) in [4.78, 5) is 22.5. The van der Waals surface area contributed by atoms with Crippen molar-refractivity contribution in [3.63, 3.8) is 0 Å².